The Balaban J connectivity index is 1.61. The smallest absolute Gasteiger partial charge is 0.269 e. The maximum absolute atomic E-state index is 12.6. The number of hydrogen-bond donors (Lipinski definition) is 2. The third-order valence-corrected chi connectivity index (χ3v) is 8.23. The Labute approximate surface area is 193 Å². The molecular weight excluding hydrogens is 468 g/mol. The van der Waals surface area contributed by atoms with Crippen LogP contribution in [0.1, 0.15) is 27.9 Å². The molecule has 1 aliphatic rings. The Kier molecular flexibility index (Phi) is 7.10. The third kappa shape index (κ3) is 5.70. The molecule has 0 unspecified atom stereocenters. The molecule has 10 nitrogen and oxygen atoms in total. The van der Waals surface area contributed by atoms with E-state index in [9.17, 15) is 26.4 Å². The predicted molar refractivity (Wildman–Crippen MR) is 124 cm³/mol. The van der Waals surface area contributed by atoms with Gasteiger partial charge in [0.05, 0.1) is 23.4 Å². The van der Waals surface area contributed by atoms with Crippen LogP contribution in [0.25, 0.3) is 0 Å². The van der Waals surface area contributed by atoms with Crippen LogP contribution in [0.2, 0.25) is 0 Å². The molecule has 2 aromatic rings. The summed E-state index contributed by atoms with van der Waals surface area (Å²) in [6, 6.07) is 10.9. The number of amides is 2. The zero-order valence-corrected chi connectivity index (χ0v) is 20.2. The molecule has 0 saturated heterocycles. The van der Waals surface area contributed by atoms with Gasteiger partial charge in [-0.1, -0.05) is 17.7 Å². The van der Waals surface area contributed by atoms with Crippen LogP contribution in [0.4, 0.5) is 5.69 Å². The van der Waals surface area contributed by atoms with Crippen molar-refractivity contribution in [3.05, 3.63) is 59.2 Å². The monoisotopic (exact) mass is 494 g/mol. The first-order chi connectivity index (χ1) is 15.4. The van der Waals surface area contributed by atoms with Crippen molar-refractivity contribution in [2.45, 2.75) is 24.7 Å². The van der Waals surface area contributed by atoms with Gasteiger partial charge in [-0.25, -0.2) is 16.8 Å². The lowest BCUT2D eigenvalue weighted by atomic mass is 10.0. The molecule has 0 atom stereocenters. The molecule has 0 aliphatic carbocycles. The summed E-state index contributed by atoms with van der Waals surface area (Å²) in [5.74, 6) is -1.32. The number of fused-ring (bicyclic) bond motifs is 1. The summed E-state index contributed by atoms with van der Waals surface area (Å²) in [5, 5.41) is 0. The van der Waals surface area contributed by atoms with Crippen molar-refractivity contribution in [1.29, 1.82) is 0 Å². The van der Waals surface area contributed by atoms with Crippen LogP contribution in [0.5, 0.6) is 0 Å². The van der Waals surface area contributed by atoms with Crippen molar-refractivity contribution in [3.8, 4) is 0 Å². The van der Waals surface area contributed by atoms with Crippen molar-refractivity contribution in [2.24, 2.45) is 0 Å². The molecule has 2 N–H and O–H groups in total. The largest absolute Gasteiger partial charge is 0.272 e. The maximum atomic E-state index is 12.6. The van der Waals surface area contributed by atoms with E-state index in [2.05, 4.69) is 10.9 Å². The second-order valence-electron chi connectivity index (χ2n) is 7.86. The van der Waals surface area contributed by atoms with Crippen LogP contribution in [0.3, 0.4) is 0 Å². The number of carbonyl (C=O) groups is 2. The molecule has 0 bridgehead atoms. The molecule has 0 radical (unpaired) electrons. The number of likely N-dealkylation sites (N-methyl/N-ethyl adjacent to an activating group) is 1. The fourth-order valence-corrected chi connectivity index (χ4v) is 5.59. The van der Waals surface area contributed by atoms with Crippen molar-refractivity contribution >= 4 is 37.5 Å². The first kappa shape index (κ1) is 24.7. The second-order valence-corrected chi connectivity index (χ2v) is 11.8. The van der Waals surface area contributed by atoms with Crippen molar-refractivity contribution in [1.82, 2.24) is 15.2 Å². The van der Waals surface area contributed by atoms with Crippen LogP contribution >= 0.6 is 0 Å². The van der Waals surface area contributed by atoms with Crippen LogP contribution < -0.4 is 15.2 Å². The highest BCUT2D eigenvalue weighted by Crippen LogP contribution is 2.29. The fraction of sp³-hybridized carbons (Fsp3) is 0.333. The lowest BCUT2D eigenvalue weighted by Crippen LogP contribution is -2.46. The molecule has 12 heteroatoms. The maximum Gasteiger partial charge on any atom is 0.269 e. The van der Waals surface area contributed by atoms with Gasteiger partial charge in [-0.3, -0.25) is 24.7 Å². The van der Waals surface area contributed by atoms with E-state index >= 15 is 0 Å². The zero-order valence-electron chi connectivity index (χ0n) is 18.5. The summed E-state index contributed by atoms with van der Waals surface area (Å²) in [7, 11) is -6.01. The number of hydrazine groups is 1. The zero-order chi connectivity index (χ0) is 24.4. The molecule has 178 valence electrons. The SMILES string of the molecule is Cc1ccc(S(=O)(=O)N(C)CC(=O)NNC(=O)c2ccc3c(c2)CCCN3S(C)(=O)=O)cc1. The minimum atomic E-state index is -3.86. The number of carbonyl (C=O) groups excluding carboxylic acids is 2. The number of nitrogens with one attached hydrogen (secondary N) is 2. The quantitative estimate of drug-likeness (QED) is 0.571. The first-order valence-corrected chi connectivity index (χ1v) is 13.4. The number of hydrogen-bond acceptors (Lipinski definition) is 6. The summed E-state index contributed by atoms with van der Waals surface area (Å²) in [5.41, 5.74) is 6.86. The second kappa shape index (κ2) is 9.49. The van der Waals surface area contributed by atoms with Gasteiger partial charge in [0, 0.05) is 19.2 Å². The number of anilines is 1. The Morgan fingerprint density at radius 2 is 1.70 bits per heavy atom. The first-order valence-electron chi connectivity index (χ1n) is 10.1. The topological polar surface area (TPSA) is 133 Å². The van der Waals surface area contributed by atoms with Crippen LogP contribution in [-0.2, 0) is 31.3 Å². The van der Waals surface area contributed by atoms with Gasteiger partial charge in [-0.05, 0) is 55.7 Å². The van der Waals surface area contributed by atoms with Gasteiger partial charge in [0.15, 0.2) is 0 Å². The normalized spacial score (nSPS) is 14.0. The van der Waals surface area contributed by atoms with Gasteiger partial charge in [-0.15, -0.1) is 0 Å². The van der Waals surface area contributed by atoms with Crippen LogP contribution in [-0.4, -0.2) is 59.3 Å². The number of nitrogens with zero attached hydrogens (tertiary/aromatic N) is 2. The molecule has 1 aliphatic heterocycles. The van der Waals surface area contributed by atoms with Crippen molar-refractivity contribution in [3.63, 3.8) is 0 Å². The molecule has 0 saturated carbocycles. The van der Waals surface area contributed by atoms with E-state index in [1.807, 2.05) is 6.92 Å². The molecular formula is C21H26N4O6S2. The average Bonchev–Trinajstić information content (AvgIpc) is 2.76. The summed E-state index contributed by atoms with van der Waals surface area (Å²) in [6.45, 7) is 1.72. The lowest BCUT2D eigenvalue weighted by molar-refractivity contribution is -0.121. The lowest BCUT2D eigenvalue weighted by Gasteiger charge is -2.29. The Hall–Kier alpha value is -2.96. The number of benzene rings is 2. The molecule has 0 fully saturated rings. The summed E-state index contributed by atoms with van der Waals surface area (Å²) in [4.78, 5) is 24.7. The van der Waals surface area contributed by atoms with Gasteiger partial charge in [0.25, 0.3) is 11.8 Å². The number of aryl methyl sites for hydroxylation is 2. The molecule has 33 heavy (non-hydrogen) atoms. The molecule has 2 amide bonds. The highest BCUT2D eigenvalue weighted by molar-refractivity contribution is 7.92. The van der Waals surface area contributed by atoms with Gasteiger partial charge in [0.2, 0.25) is 20.0 Å². The van der Waals surface area contributed by atoms with Gasteiger partial charge < -0.3 is 0 Å². The summed E-state index contributed by atoms with van der Waals surface area (Å²) in [6.07, 6.45) is 2.38. The van der Waals surface area contributed by atoms with Crippen molar-refractivity contribution in [2.75, 3.05) is 30.7 Å². The van der Waals surface area contributed by atoms with Gasteiger partial charge in [0.1, 0.15) is 0 Å². The minimum Gasteiger partial charge on any atom is -0.272 e. The van der Waals surface area contributed by atoms with E-state index < -0.39 is 38.4 Å². The summed E-state index contributed by atoms with van der Waals surface area (Å²) >= 11 is 0. The van der Waals surface area contributed by atoms with E-state index in [-0.39, 0.29) is 10.5 Å². The van der Waals surface area contributed by atoms with E-state index in [0.717, 1.165) is 21.7 Å². The Morgan fingerprint density at radius 1 is 1.03 bits per heavy atom. The van der Waals surface area contributed by atoms with E-state index in [4.69, 9.17) is 0 Å². The molecule has 0 aromatic heterocycles. The molecule has 3 rings (SSSR count). The Morgan fingerprint density at radius 3 is 2.33 bits per heavy atom. The Bertz CT molecular complexity index is 1270. The van der Waals surface area contributed by atoms with E-state index in [0.29, 0.717) is 25.1 Å². The standard InChI is InChI=1S/C21H26N4O6S2/c1-15-6-9-18(10-7-15)33(30,31)24(2)14-20(26)22-23-21(27)17-8-11-19-16(13-17)5-4-12-25(19)32(3,28)29/h6-11,13H,4-5,12,14H2,1-3H3,(H,22,26)(H,23,27). The number of rotatable bonds is 6. The highest BCUT2D eigenvalue weighted by atomic mass is 32.2. The van der Waals surface area contributed by atoms with Crippen molar-refractivity contribution < 1.29 is 26.4 Å². The molecule has 0 spiro atoms. The van der Waals surface area contributed by atoms with E-state index in [1.165, 1.54) is 29.6 Å². The van der Waals surface area contributed by atoms with Gasteiger partial charge >= 0.3 is 0 Å². The van der Waals surface area contributed by atoms with Crippen LogP contribution in [0, 0.1) is 6.92 Å². The van der Waals surface area contributed by atoms with Gasteiger partial charge in [-0.2, -0.15) is 4.31 Å². The highest BCUT2D eigenvalue weighted by Gasteiger charge is 2.25. The average molecular weight is 495 g/mol. The molecule has 1 heterocycles. The third-order valence-electron chi connectivity index (χ3n) is 5.23. The van der Waals surface area contributed by atoms with E-state index in [1.54, 1.807) is 24.3 Å². The van der Waals surface area contributed by atoms with Crippen LogP contribution in [0.15, 0.2) is 47.4 Å². The summed E-state index contributed by atoms with van der Waals surface area (Å²) < 4.78 is 51.3. The predicted octanol–water partition coefficient (Wildman–Crippen LogP) is 0.789. The molecule has 2 aromatic carbocycles. The fourth-order valence-electron chi connectivity index (χ4n) is 3.46. The number of sulfonamides is 2. The minimum absolute atomic E-state index is 0.0598.